The molecule has 20 bridgehead atoms. The molecule has 10 aromatic carbocycles. The monoisotopic (exact) mass is 1730 g/mol. The maximum Gasteiger partial charge on any atom is 0.126 e. The lowest BCUT2D eigenvalue weighted by Crippen LogP contribution is -2.06. The molecule has 23 heteroatoms. The summed E-state index contributed by atoms with van der Waals surface area (Å²) in [5, 5.41) is 24.0. The Morgan fingerprint density at radius 3 is 0.429 bits per heavy atom. The van der Waals surface area contributed by atoms with Gasteiger partial charge in [0, 0.05) is 187 Å². The minimum absolute atomic E-state index is 0.158. The number of aromatic hydroxyl groups is 2. The van der Waals surface area contributed by atoms with Crippen LogP contribution in [0.5, 0.6) is 115 Å². The van der Waals surface area contributed by atoms with E-state index in [1.165, 1.54) is 41.5 Å². The highest BCUT2D eigenvalue weighted by molar-refractivity contribution is 5.73. The average Bonchev–Trinajstić information content (AvgIpc) is 0.990. The van der Waals surface area contributed by atoms with Crippen molar-refractivity contribution in [1.82, 2.24) is 0 Å². The van der Waals surface area contributed by atoms with Gasteiger partial charge in [0.2, 0.25) is 0 Å². The molecule has 30 rings (SSSR count). The van der Waals surface area contributed by atoms with Crippen molar-refractivity contribution in [2.24, 2.45) is 0 Å². The van der Waals surface area contributed by atoms with Crippen molar-refractivity contribution in [1.29, 1.82) is 0 Å². The molecule has 0 radical (unpaired) electrons. The molecule has 10 aromatic rings. The van der Waals surface area contributed by atoms with Gasteiger partial charge < -0.3 is 110 Å². The van der Waals surface area contributed by atoms with Gasteiger partial charge in [-0.25, -0.2) is 0 Å². The van der Waals surface area contributed by atoms with Crippen molar-refractivity contribution < 1.29 is 110 Å². The molecule has 2 N–H and O–H groups in total. The largest absolute Gasteiger partial charge is 0.507 e. The summed E-state index contributed by atoms with van der Waals surface area (Å²) in [5.74, 6) is 12.9. The molecule has 20 aliphatic carbocycles. The lowest BCUT2D eigenvalue weighted by molar-refractivity contribution is -0.115. The van der Waals surface area contributed by atoms with Crippen molar-refractivity contribution in [3.63, 3.8) is 0 Å². The number of ketones is 3. The van der Waals surface area contributed by atoms with Crippen molar-refractivity contribution in [2.75, 3.05) is 128 Å². The molecule has 0 spiro atoms. The first-order valence-electron chi connectivity index (χ1n) is 40.9. The number of carbonyl (C=O) groups is 3. The van der Waals surface area contributed by atoms with E-state index in [4.69, 9.17) is 85.3 Å². The fourth-order valence-corrected chi connectivity index (χ4v) is 15.8. The minimum atomic E-state index is 0.158. The number of rotatable bonds is 22. The highest BCUT2D eigenvalue weighted by Gasteiger charge is 2.29. The molecule has 0 aromatic heterocycles. The number of ether oxygens (including phenoxy) is 18. The van der Waals surface area contributed by atoms with Crippen LogP contribution < -0.4 is 85.3 Å². The van der Waals surface area contributed by atoms with Gasteiger partial charge in [-0.3, -0.25) is 0 Å². The van der Waals surface area contributed by atoms with E-state index in [-0.39, 0.29) is 28.8 Å². The Bertz CT molecular complexity index is 5180. The van der Waals surface area contributed by atoms with E-state index < -0.39 is 0 Å². The zero-order chi connectivity index (χ0) is 92.3. The molecule has 0 unspecified atom stereocenters. The highest BCUT2D eigenvalue weighted by Crippen LogP contribution is 2.48. The van der Waals surface area contributed by atoms with Crippen LogP contribution in [0.4, 0.5) is 0 Å². The Labute approximate surface area is 741 Å². The summed E-state index contributed by atoms with van der Waals surface area (Å²) in [6.45, 7) is 17.2. The Hall–Kier alpha value is -13.3. The molecule has 20 aliphatic rings. The van der Waals surface area contributed by atoms with Crippen LogP contribution in [-0.4, -0.2) is 156 Å². The maximum atomic E-state index is 12.0. The molecule has 0 saturated carbocycles. The number of Topliss-reactive ketones (excluding diaryl/α,β-unsaturated/α-hetero) is 3. The molecule has 672 valence electrons. The molecule has 0 aliphatic heterocycles. The van der Waals surface area contributed by atoms with Crippen LogP contribution in [0, 0.1) is 0 Å². The molecule has 0 saturated heterocycles. The number of benzene rings is 10. The molecular weight excluding hydrogens is 1610 g/mol. The summed E-state index contributed by atoms with van der Waals surface area (Å²) >= 11 is 0. The lowest BCUT2D eigenvalue weighted by Gasteiger charge is -2.21. The first kappa shape index (κ1) is 98.1. The molecule has 23 nitrogen and oxygen atoms in total. The van der Waals surface area contributed by atoms with Crippen molar-refractivity contribution in [3.05, 3.63) is 257 Å². The summed E-state index contributed by atoms with van der Waals surface area (Å²) in [6, 6.07) is 35.7. The van der Waals surface area contributed by atoms with Crippen LogP contribution >= 0.6 is 0 Å². The van der Waals surface area contributed by atoms with E-state index in [0.29, 0.717) is 203 Å². The highest BCUT2D eigenvalue weighted by atomic mass is 16.5. The van der Waals surface area contributed by atoms with Gasteiger partial charge in [0.1, 0.15) is 132 Å². The topological polar surface area (TPSA) is 258 Å². The van der Waals surface area contributed by atoms with Gasteiger partial charge >= 0.3 is 0 Å². The van der Waals surface area contributed by atoms with E-state index in [2.05, 4.69) is 13.2 Å². The van der Waals surface area contributed by atoms with Gasteiger partial charge in [-0.2, -0.15) is 0 Å². The van der Waals surface area contributed by atoms with E-state index in [1.54, 1.807) is 140 Å². The first-order valence-corrected chi connectivity index (χ1v) is 40.9. The van der Waals surface area contributed by atoms with E-state index in [0.717, 1.165) is 100 Å². The Morgan fingerprint density at radius 1 is 0.214 bits per heavy atom. The number of hydrogen-bond acceptors (Lipinski definition) is 23. The number of hydrogen-bond donors (Lipinski definition) is 2. The molecule has 0 amide bonds. The van der Waals surface area contributed by atoms with Gasteiger partial charge in [0.25, 0.3) is 0 Å². The van der Waals surface area contributed by atoms with E-state index >= 15 is 0 Å². The molecular formula is C103H122O23. The van der Waals surface area contributed by atoms with Gasteiger partial charge in [0.15, 0.2) is 0 Å². The van der Waals surface area contributed by atoms with Crippen LogP contribution in [0.2, 0.25) is 0 Å². The third-order valence-corrected chi connectivity index (χ3v) is 21.5. The van der Waals surface area contributed by atoms with Crippen LogP contribution in [0.1, 0.15) is 164 Å². The second-order valence-electron chi connectivity index (χ2n) is 30.4. The van der Waals surface area contributed by atoms with Crippen molar-refractivity contribution in [3.8, 4) is 115 Å². The fraction of sp³-hybridized carbons (Fsp3) is 0.350. The summed E-state index contributed by atoms with van der Waals surface area (Å²) in [7, 11) is 29.7. The molecule has 0 fully saturated rings. The number of methoxy groups -OCH3 is 18. The van der Waals surface area contributed by atoms with Crippen molar-refractivity contribution >= 4 is 17.3 Å². The van der Waals surface area contributed by atoms with Crippen LogP contribution in [0.15, 0.2) is 135 Å². The second-order valence-corrected chi connectivity index (χ2v) is 30.4. The van der Waals surface area contributed by atoms with E-state index in [1.807, 2.05) is 109 Å². The Kier molecular flexibility index (Phi) is 36.2. The summed E-state index contributed by atoms with van der Waals surface area (Å²) in [4.78, 5) is 28.3. The van der Waals surface area contributed by atoms with Gasteiger partial charge in [-0.05, 0) is 164 Å². The summed E-state index contributed by atoms with van der Waals surface area (Å²) < 4.78 is 108. The maximum absolute atomic E-state index is 12.0. The number of carbonyl (C=O) groups excluding carboxylic acids is 3. The minimum Gasteiger partial charge on any atom is -0.507 e. The fourth-order valence-electron chi connectivity index (χ4n) is 15.8. The Morgan fingerprint density at radius 2 is 0.317 bits per heavy atom. The summed E-state index contributed by atoms with van der Waals surface area (Å²) in [6.07, 6.45) is 8.70. The number of phenols is 2. The van der Waals surface area contributed by atoms with Gasteiger partial charge in [0.05, 0.1) is 128 Å². The number of allylic oxidation sites excluding steroid dienone is 2. The molecule has 0 heterocycles. The smallest absolute Gasteiger partial charge is 0.126 e. The third kappa shape index (κ3) is 23.8. The van der Waals surface area contributed by atoms with E-state index in [9.17, 15) is 24.6 Å². The zero-order valence-corrected chi connectivity index (χ0v) is 77.4. The molecule has 126 heavy (non-hydrogen) atoms. The van der Waals surface area contributed by atoms with Crippen LogP contribution in [-0.2, 0) is 91.4 Å². The zero-order valence-electron chi connectivity index (χ0n) is 77.4. The average molecular weight is 1730 g/mol. The lowest BCUT2D eigenvalue weighted by atomic mass is 9.90. The first-order chi connectivity index (χ1) is 60.5. The van der Waals surface area contributed by atoms with Crippen molar-refractivity contribution in [2.45, 2.75) is 119 Å². The second kappa shape index (κ2) is 46.4. The standard InChI is InChI=1S/2C47H52O10.3C3H6O/c2*1-11-12-36-37-17-34-25-44(55-8)32(23-45(34)56-9)15-30-21-40(51-4)28(19-41(30)52-5)13-27-18-39(50-3)29(20-38(27)49-2)14-31-22-43(54-7)33(24-42(31)53-6)16-35(47(36)48)26-46(37)57-10;3*1-3(2)4/h2*11,18-26,48H,1,12-17H2,2-10H3;3*1-2H3. The normalized spacial score (nSPS) is 11.6. The predicted octanol–water partition coefficient (Wildman–Crippen LogP) is 18.7. The predicted molar refractivity (Wildman–Crippen MR) is 491 cm³/mol. The van der Waals surface area contributed by atoms with Gasteiger partial charge in [-0.1, -0.05) is 12.2 Å². The van der Waals surface area contributed by atoms with Crippen LogP contribution in [0.3, 0.4) is 0 Å². The van der Waals surface area contributed by atoms with Crippen LogP contribution in [0.25, 0.3) is 0 Å². The SMILES string of the molecule is C=CCc1c(O)c2cc(OC)c1Cc1cc(OC)c(cc1OC)Cc1cc(OC)c(cc1OC)Cc1cc(OC)c(cc1OC)Cc1cc(OC)c(cc1OC)C2.C=CCc1c(O)c2cc(OC)c1Cc1cc(OC)c(cc1OC)Cc1cc(OC)c(cc1OC)Cc1cc(OC)c(cc1OC)Cc1cc(OC)c(cc1OC)C2.CC(C)=O.CC(C)=O.CC(C)=O. The third-order valence-electron chi connectivity index (χ3n) is 21.5. The van der Waals surface area contributed by atoms with Gasteiger partial charge in [-0.15, -0.1) is 13.2 Å². The Balaban J connectivity index is 0.000000276. The summed E-state index contributed by atoms with van der Waals surface area (Å²) in [5.41, 5.74) is 18.6. The molecule has 0 atom stereocenters. The number of phenolic OH excluding ortho intramolecular Hbond substituents is 2. The quantitative estimate of drug-likeness (QED) is 0.0598.